The molecule has 0 spiro atoms. The molecule has 1 heterocycles. The number of ether oxygens (including phenoxy) is 2. The first-order valence-electron chi connectivity index (χ1n) is 9.02. The number of hydrogen-bond acceptors (Lipinski definition) is 5. The number of amides is 2. The van der Waals surface area contributed by atoms with Crippen LogP contribution in [0.1, 0.15) is 31.0 Å². The van der Waals surface area contributed by atoms with Gasteiger partial charge in [0.2, 0.25) is 6.79 Å². The second-order valence-corrected chi connectivity index (χ2v) is 8.73. The van der Waals surface area contributed by atoms with Crippen molar-refractivity contribution >= 4 is 15.9 Å². The zero-order chi connectivity index (χ0) is 20.3. The first-order valence-corrected chi connectivity index (χ1v) is 10.9. The Labute approximate surface area is 165 Å². The van der Waals surface area contributed by atoms with Crippen LogP contribution in [0.2, 0.25) is 0 Å². The number of nitrogens with one attached hydrogen (secondary N) is 1. The minimum Gasteiger partial charge on any atom is -0.454 e. The van der Waals surface area contributed by atoms with E-state index in [1.165, 1.54) is 6.26 Å². The fourth-order valence-electron chi connectivity index (χ4n) is 2.95. The van der Waals surface area contributed by atoms with Crippen molar-refractivity contribution in [2.75, 3.05) is 19.6 Å². The van der Waals surface area contributed by atoms with Crippen LogP contribution in [0.15, 0.2) is 47.4 Å². The Hall–Kier alpha value is -2.74. The highest BCUT2D eigenvalue weighted by molar-refractivity contribution is 7.90. The smallest absolute Gasteiger partial charge is 0.318 e. The highest BCUT2D eigenvalue weighted by Gasteiger charge is 2.18. The van der Waals surface area contributed by atoms with E-state index in [4.69, 9.17) is 9.47 Å². The second kappa shape index (κ2) is 8.10. The molecule has 2 aromatic carbocycles. The number of benzene rings is 2. The molecule has 3 rings (SSSR count). The largest absolute Gasteiger partial charge is 0.454 e. The topological polar surface area (TPSA) is 84.9 Å². The van der Waals surface area contributed by atoms with Gasteiger partial charge in [-0.1, -0.05) is 18.2 Å². The predicted octanol–water partition coefficient (Wildman–Crippen LogP) is 3.11. The standard InChI is InChI=1S/C20H24N2O5S/c1-4-22(12-15-5-10-18-19(11-15)27-13-26-18)20(23)21-14(2)16-6-8-17(9-7-16)28(3,24)25/h5-11,14H,4,12-13H2,1-3H3,(H,21,23). The lowest BCUT2D eigenvalue weighted by atomic mass is 10.1. The van der Waals surface area contributed by atoms with Crippen LogP contribution >= 0.6 is 0 Å². The molecule has 150 valence electrons. The summed E-state index contributed by atoms with van der Waals surface area (Å²) in [5.74, 6) is 1.40. The number of urea groups is 1. The van der Waals surface area contributed by atoms with E-state index >= 15 is 0 Å². The zero-order valence-electron chi connectivity index (χ0n) is 16.1. The molecule has 0 saturated heterocycles. The molecular formula is C20H24N2O5S. The lowest BCUT2D eigenvalue weighted by Crippen LogP contribution is -2.40. The van der Waals surface area contributed by atoms with Gasteiger partial charge < -0.3 is 19.7 Å². The Bertz CT molecular complexity index is 957. The molecule has 1 unspecified atom stereocenters. The summed E-state index contributed by atoms with van der Waals surface area (Å²) in [6, 6.07) is 11.7. The maximum absolute atomic E-state index is 12.7. The van der Waals surface area contributed by atoms with Crippen molar-refractivity contribution in [2.24, 2.45) is 0 Å². The molecule has 0 aromatic heterocycles. The molecule has 0 fully saturated rings. The molecule has 1 atom stereocenters. The molecule has 1 aliphatic rings. The van der Waals surface area contributed by atoms with Crippen molar-refractivity contribution in [3.05, 3.63) is 53.6 Å². The first kappa shape index (κ1) is 20.0. The molecule has 0 bridgehead atoms. The van der Waals surface area contributed by atoms with Crippen LogP contribution in [0, 0.1) is 0 Å². The van der Waals surface area contributed by atoms with Crippen molar-refractivity contribution in [3.63, 3.8) is 0 Å². The molecule has 2 aromatic rings. The quantitative estimate of drug-likeness (QED) is 0.800. The fourth-order valence-corrected chi connectivity index (χ4v) is 3.58. The molecule has 8 heteroatoms. The van der Waals surface area contributed by atoms with E-state index in [1.807, 2.05) is 32.0 Å². The molecule has 0 saturated carbocycles. The van der Waals surface area contributed by atoms with E-state index in [1.54, 1.807) is 29.2 Å². The predicted molar refractivity (Wildman–Crippen MR) is 105 cm³/mol. The summed E-state index contributed by atoms with van der Waals surface area (Å²) >= 11 is 0. The van der Waals surface area contributed by atoms with Crippen LogP contribution in [0.5, 0.6) is 11.5 Å². The number of sulfone groups is 1. The third kappa shape index (κ3) is 4.56. The maximum atomic E-state index is 12.7. The molecule has 0 aliphatic carbocycles. The highest BCUT2D eigenvalue weighted by Crippen LogP contribution is 2.32. The van der Waals surface area contributed by atoms with Gasteiger partial charge in [0.25, 0.3) is 0 Å². The van der Waals surface area contributed by atoms with E-state index < -0.39 is 9.84 Å². The van der Waals surface area contributed by atoms with E-state index in [2.05, 4.69) is 5.32 Å². The second-order valence-electron chi connectivity index (χ2n) is 6.71. The Morgan fingerprint density at radius 3 is 2.46 bits per heavy atom. The minimum absolute atomic E-state index is 0.195. The van der Waals surface area contributed by atoms with Gasteiger partial charge in [-0.3, -0.25) is 0 Å². The van der Waals surface area contributed by atoms with Crippen LogP contribution < -0.4 is 14.8 Å². The SMILES string of the molecule is CCN(Cc1ccc2c(c1)OCO2)C(=O)NC(C)c1ccc(S(C)(=O)=O)cc1. The van der Waals surface area contributed by atoms with Crippen LogP contribution in [-0.2, 0) is 16.4 Å². The van der Waals surface area contributed by atoms with Crippen molar-refractivity contribution in [2.45, 2.75) is 31.3 Å². The van der Waals surface area contributed by atoms with Gasteiger partial charge in [-0.2, -0.15) is 0 Å². The van der Waals surface area contributed by atoms with Gasteiger partial charge in [0, 0.05) is 19.3 Å². The van der Waals surface area contributed by atoms with Gasteiger partial charge >= 0.3 is 6.03 Å². The zero-order valence-corrected chi connectivity index (χ0v) is 17.0. The summed E-state index contributed by atoms with van der Waals surface area (Å²) < 4.78 is 33.8. The maximum Gasteiger partial charge on any atom is 0.318 e. The average Bonchev–Trinajstić information content (AvgIpc) is 3.13. The van der Waals surface area contributed by atoms with Gasteiger partial charge in [0.1, 0.15) is 0 Å². The van der Waals surface area contributed by atoms with Crippen molar-refractivity contribution in [1.29, 1.82) is 0 Å². The molecule has 2 amide bonds. The molecule has 1 N–H and O–H groups in total. The third-order valence-corrected chi connectivity index (χ3v) is 5.76. The number of carbonyl (C=O) groups excluding carboxylic acids is 1. The van der Waals surface area contributed by atoms with Crippen molar-refractivity contribution in [1.82, 2.24) is 10.2 Å². The molecule has 28 heavy (non-hydrogen) atoms. The molecule has 1 aliphatic heterocycles. The number of hydrogen-bond donors (Lipinski definition) is 1. The molecule has 7 nitrogen and oxygen atoms in total. The normalized spacial score (nSPS) is 13.8. The van der Waals surface area contributed by atoms with Crippen LogP contribution in [0.25, 0.3) is 0 Å². The summed E-state index contributed by atoms with van der Waals surface area (Å²) in [4.78, 5) is 14.6. The summed E-state index contributed by atoms with van der Waals surface area (Å²) in [5.41, 5.74) is 1.78. The number of rotatable bonds is 6. The molecule has 0 radical (unpaired) electrons. The first-order chi connectivity index (χ1) is 13.3. The van der Waals surface area contributed by atoms with Gasteiger partial charge in [-0.25, -0.2) is 13.2 Å². The van der Waals surface area contributed by atoms with Gasteiger partial charge in [0.05, 0.1) is 10.9 Å². The lowest BCUT2D eigenvalue weighted by molar-refractivity contribution is 0.173. The Balaban J connectivity index is 1.64. The van der Waals surface area contributed by atoms with Gasteiger partial charge in [-0.05, 0) is 49.2 Å². The number of fused-ring (bicyclic) bond motifs is 1. The Kier molecular flexibility index (Phi) is 5.79. The van der Waals surface area contributed by atoms with Gasteiger partial charge in [0.15, 0.2) is 21.3 Å². The Morgan fingerprint density at radius 2 is 1.82 bits per heavy atom. The van der Waals surface area contributed by atoms with Crippen LogP contribution in [0.4, 0.5) is 4.79 Å². The average molecular weight is 404 g/mol. The lowest BCUT2D eigenvalue weighted by Gasteiger charge is -2.24. The van der Waals surface area contributed by atoms with Crippen molar-refractivity contribution in [3.8, 4) is 11.5 Å². The van der Waals surface area contributed by atoms with E-state index in [-0.39, 0.29) is 23.8 Å². The van der Waals surface area contributed by atoms with E-state index in [0.29, 0.717) is 24.6 Å². The Morgan fingerprint density at radius 1 is 1.14 bits per heavy atom. The fraction of sp³-hybridized carbons (Fsp3) is 0.350. The highest BCUT2D eigenvalue weighted by atomic mass is 32.2. The summed E-state index contributed by atoms with van der Waals surface area (Å²) in [6.07, 6.45) is 1.17. The molecular weight excluding hydrogens is 380 g/mol. The summed E-state index contributed by atoms with van der Waals surface area (Å²) in [7, 11) is -3.24. The number of nitrogens with zero attached hydrogens (tertiary/aromatic N) is 1. The summed E-state index contributed by atoms with van der Waals surface area (Å²) in [6.45, 7) is 4.98. The summed E-state index contributed by atoms with van der Waals surface area (Å²) in [5, 5.41) is 2.96. The van der Waals surface area contributed by atoms with Gasteiger partial charge in [-0.15, -0.1) is 0 Å². The monoisotopic (exact) mass is 404 g/mol. The minimum atomic E-state index is -3.24. The van der Waals surface area contributed by atoms with E-state index in [0.717, 1.165) is 11.1 Å². The van der Waals surface area contributed by atoms with Crippen LogP contribution in [-0.4, -0.2) is 38.9 Å². The van der Waals surface area contributed by atoms with Crippen molar-refractivity contribution < 1.29 is 22.7 Å². The van der Waals surface area contributed by atoms with Crippen LogP contribution in [0.3, 0.4) is 0 Å². The number of carbonyl (C=O) groups is 1. The third-order valence-electron chi connectivity index (χ3n) is 4.63. The van der Waals surface area contributed by atoms with E-state index in [9.17, 15) is 13.2 Å².